The molecule has 2 N–H and O–H groups in total. The highest BCUT2D eigenvalue weighted by Gasteiger charge is 2.25. The van der Waals surface area contributed by atoms with Crippen LogP contribution in [0.2, 0.25) is 0 Å². The second-order valence-electron chi connectivity index (χ2n) is 6.09. The van der Waals surface area contributed by atoms with Crippen molar-refractivity contribution in [3.8, 4) is 28.5 Å². The zero-order valence-corrected chi connectivity index (χ0v) is 16.7. The van der Waals surface area contributed by atoms with E-state index in [0.29, 0.717) is 6.61 Å². The van der Waals surface area contributed by atoms with Crippen LogP contribution in [-0.4, -0.2) is 35.5 Å². The van der Waals surface area contributed by atoms with Gasteiger partial charge >= 0.3 is 0 Å². The van der Waals surface area contributed by atoms with Crippen molar-refractivity contribution in [2.75, 3.05) is 31.5 Å². The minimum absolute atomic E-state index is 0.00717. The zero-order valence-electron chi connectivity index (χ0n) is 15.9. The Bertz CT molecular complexity index is 935. The Labute approximate surface area is 168 Å². The van der Waals surface area contributed by atoms with Gasteiger partial charge in [0.1, 0.15) is 23.1 Å². The molecule has 0 radical (unpaired) electrons. The number of benzene rings is 2. The van der Waals surface area contributed by atoms with Crippen LogP contribution in [0.4, 0.5) is 11.5 Å². The second-order valence-corrected chi connectivity index (χ2v) is 7.11. The molecule has 0 aliphatic carbocycles. The number of hydrogen-bond acceptors (Lipinski definition) is 7. The van der Waals surface area contributed by atoms with Gasteiger partial charge in [-0.3, -0.25) is 0 Å². The molecule has 1 unspecified atom stereocenters. The van der Waals surface area contributed by atoms with Crippen LogP contribution in [0.15, 0.2) is 48.5 Å². The number of anilines is 2. The number of aromatic nitrogens is 2. The zero-order chi connectivity index (χ0) is 19.5. The molecule has 3 aromatic rings. The normalized spacial score (nSPS) is 14.9. The maximum absolute atomic E-state index is 5.49. The van der Waals surface area contributed by atoms with Gasteiger partial charge in [0, 0.05) is 35.3 Å². The highest BCUT2D eigenvalue weighted by Crippen LogP contribution is 2.38. The summed E-state index contributed by atoms with van der Waals surface area (Å²) < 4.78 is 18.1. The van der Waals surface area contributed by atoms with E-state index in [-0.39, 0.29) is 5.50 Å². The fourth-order valence-electron chi connectivity index (χ4n) is 2.97. The van der Waals surface area contributed by atoms with Crippen molar-refractivity contribution in [1.29, 1.82) is 0 Å². The minimum atomic E-state index is -0.00717. The van der Waals surface area contributed by atoms with Gasteiger partial charge in [0.25, 0.3) is 0 Å². The highest BCUT2D eigenvalue weighted by atomic mass is 32.2. The lowest BCUT2D eigenvalue weighted by Crippen LogP contribution is -2.21. The summed E-state index contributed by atoms with van der Waals surface area (Å²) in [7, 11) is 3.28. The van der Waals surface area contributed by atoms with Crippen LogP contribution in [0.1, 0.15) is 6.92 Å². The number of ether oxygens (including phenoxy) is 3. The average molecular weight is 398 g/mol. The number of fused-ring (bicyclic) bond motifs is 1. The van der Waals surface area contributed by atoms with Gasteiger partial charge in [-0.15, -0.1) is 0 Å². The first kappa shape index (κ1) is 18.4. The molecule has 1 aromatic heterocycles. The van der Waals surface area contributed by atoms with E-state index in [1.165, 1.54) is 0 Å². The van der Waals surface area contributed by atoms with E-state index in [1.807, 2.05) is 59.5 Å². The van der Waals surface area contributed by atoms with Crippen LogP contribution in [0.25, 0.3) is 11.3 Å². The lowest BCUT2D eigenvalue weighted by Gasteiger charge is -2.14. The Morgan fingerprint density at radius 2 is 1.86 bits per heavy atom. The molecule has 28 heavy (non-hydrogen) atoms. The van der Waals surface area contributed by atoms with E-state index in [1.54, 1.807) is 26.2 Å². The fraction of sp³-hybridized carbons (Fsp3) is 0.250. The Hall–Kier alpha value is -3.00. The third kappa shape index (κ3) is 3.68. The minimum Gasteiger partial charge on any atom is -0.497 e. The number of hydrogen-bond donors (Lipinski definition) is 2. The number of rotatable bonds is 7. The predicted molar refractivity (Wildman–Crippen MR) is 112 cm³/mol. The molecule has 0 bridgehead atoms. The standard InChI is InChI=1S/C20H22N4O3S/c1-4-27-14-7-5-13(6-8-14)21-20-22-19-12-17(23-24(19)28-20)16-10-9-15(25-2)11-18(16)26-3/h5-12,20-22H,4H2,1-3H3. The number of methoxy groups -OCH3 is 2. The Morgan fingerprint density at radius 3 is 2.54 bits per heavy atom. The lowest BCUT2D eigenvalue weighted by molar-refractivity contribution is 0.340. The van der Waals surface area contributed by atoms with E-state index in [0.717, 1.165) is 40.0 Å². The van der Waals surface area contributed by atoms with E-state index in [4.69, 9.17) is 19.3 Å². The first-order valence-corrected chi connectivity index (χ1v) is 9.79. The van der Waals surface area contributed by atoms with Crippen molar-refractivity contribution in [3.63, 3.8) is 0 Å². The van der Waals surface area contributed by atoms with Crippen molar-refractivity contribution >= 4 is 23.5 Å². The Balaban J connectivity index is 1.45. The summed E-state index contributed by atoms with van der Waals surface area (Å²) in [6, 6.07) is 15.6. The number of nitrogens with zero attached hydrogens (tertiary/aromatic N) is 2. The van der Waals surface area contributed by atoms with Gasteiger partial charge < -0.3 is 24.8 Å². The van der Waals surface area contributed by atoms with E-state index < -0.39 is 0 Å². The second kappa shape index (κ2) is 7.93. The summed E-state index contributed by atoms with van der Waals surface area (Å²) >= 11 is 1.57. The van der Waals surface area contributed by atoms with Crippen LogP contribution < -0.4 is 24.8 Å². The topological polar surface area (TPSA) is 69.6 Å². The largest absolute Gasteiger partial charge is 0.497 e. The smallest absolute Gasteiger partial charge is 0.168 e. The van der Waals surface area contributed by atoms with Crippen LogP contribution in [0.5, 0.6) is 17.2 Å². The lowest BCUT2D eigenvalue weighted by atomic mass is 10.1. The molecule has 0 saturated heterocycles. The summed E-state index contributed by atoms with van der Waals surface area (Å²) in [6.45, 7) is 2.64. The van der Waals surface area contributed by atoms with E-state index in [9.17, 15) is 0 Å². The summed E-state index contributed by atoms with van der Waals surface area (Å²) in [4.78, 5) is 0. The van der Waals surface area contributed by atoms with E-state index in [2.05, 4.69) is 10.6 Å². The molecule has 7 nitrogen and oxygen atoms in total. The van der Waals surface area contributed by atoms with Crippen LogP contribution in [0.3, 0.4) is 0 Å². The molecule has 0 spiro atoms. The SMILES string of the molecule is CCOc1ccc(NC2Nc3cc(-c4ccc(OC)cc4OC)nn3S2)cc1. The predicted octanol–water partition coefficient (Wildman–Crippen LogP) is 4.28. The van der Waals surface area contributed by atoms with Crippen LogP contribution in [-0.2, 0) is 0 Å². The van der Waals surface area contributed by atoms with Crippen molar-refractivity contribution in [2.45, 2.75) is 12.4 Å². The molecule has 0 amide bonds. The van der Waals surface area contributed by atoms with Gasteiger partial charge in [-0.1, -0.05) is 0 Å². The van der Waals surface area contributed by atoms with Crippen molar-refractivity contribution < 1.29 is 14.2 Å². The number of nitrogens with one attached hydrogen (secondary N) is 2. The Kier molecular flexibility index (Phi) is 5.21. The first-order valence-electron chi connectivity index (χ1n) is 8.95. The molecular weight excluding hydrogens is 376 g/mol. The molecule has 146 valence electrons. The summed E-state index contributed by atoms with van der Waals surface area (Å²) in [5.41, 5.74) is 2.76. The first-order chi connectivity index (χ1) is 13.7. The van der Waals surface area contributed by atoms with Gasteiger partial charge in [-0.05, 0) is 43.3 Å². The molecule has 4 rings (SSSR count). The molecule has 0 fully saturated rings. The Morgan fingerprint density at radius 1 is 1.07 bits per heavy atom. The van der Waals surface area contributed by atoms with Crippen LogP contribution >= 0.6 is 11.9 Å². The average Bonchev–Trinajstić information content (AvgIpc) is 3.27. The molecule has 1 aliphatic heterocycles. The van der Waals surface area contributed by atoms with E-state index >= 15 is 0 Å². The monoisotopic (exact) mass is 398 g/mol. The molecule has 1 atom stereocenters. The molecule has 0 saturated carbocycles. The third-order valence-corrected chi connectivity index (χ3v) is 5.23. The molecule has 2 aromatic carbocycles. The maximum Gasteiger partial charge on any atom is 0.168 e. The van der Waals surface area contributed by atoms with Crippen LogP contribution in [0, 0.1) is 0 Å². The summed E-state index contributed by atoms with van der Waals surface area (Å²) in [5, 5.41) is 11.6. The van der Waals surface area contributed by atoms with Gasteiger partial charge in [0.05, 0.1) is 26.5 Å². The van der Waals surface area contributed by atoms with Crippen molar-refractivity contribution in [1.82, 2.24) is 9.19 Å². The highest BCUT2D eigenvalue weighted by molar-refractivity contribution is 7.98. The third-order valence-electron chi connectivity index (χ3n) is 4.31. The fourth-order valence-corrected chi connectivity index (χ4v) is 3.89. The molecular formula is C20H22N4O3S. The van der Waals surface area contributed by atoms with Gasteiger partial charge in [0.15, 0.2) is 5.50 Å². The molecule has 1 aliphatic rings. The van der Waals surface area contributed by atoms with Crippen molar-refractivity contribution in [2.24, 2.45) is 0 Å². The molecule has 2 heterocycles. The van der Waals surface area contributed by atoms with Gasteiger partial charge in [-0.25, -0.2) is 0 Å². The summed E-state index contributed by atoms with van der Waals surface area (Å²) in [5.74, 6) is 3.28. The summed E-state index contributed by atoms with van der Waals surface area (Å²) in [6.07, 6.45) is 0. The van der Waals surface area contributed by atoms with Crippen molar-refractivity contribution in [3.05, 3.63) is 48.5 Å². The molecule has 8 heteroatoms. The van der Waals surface area contributed by atoms with Gasteiger partial charge in [0.2, 0.25) is 0 Å². The maximum atomic E-state index is 5.49. The quantitative estimate of drug-likeness (QED) is 0.615. The van der Waals surface area contributed by atoms with Gasteiger partial charge in [-0.2, -0.15) is 9.19 Å².